The number of sulfonamides is 1. The second kappa shape index (κ2) is 4.84. The third kappa shape index (κ3) is 2.77. The van der Waals surface area contributed by atoms with Crippen LogP contribution < -0.4 is 10.0 Å². The number of piperidine rings is 1. The van der Waals surface area contributed by atoms with E-state index in [1.807, 2.05) is 0 Å². The minimum absolute atomic E-state index is 0.159. The maximum atomic E-state index is 13.0. The summed E-state index contributed by atoms with van der Waals surface area (Å²) in [7, 11) is -4.23. The van der Waals surface area contributed by atoms with Gasteiger partial charge in [-0.25, -0.2) is 13.1 Å². The van der Waals surface area contributed by atoms with Gasteiger partial charge in [0.15, 0.2) is 0 Å². The van der Waals surface area contributed by atoms with Crippen molar-refractivity contribution in [2.45, 2.75) is 17.1 Å². The third-order valence-corrected chi connectivity index (χ3v) is 5.67. The van der Waals surface area contributed by atoms with Crippen LogP contribution in [0.5, 0.6) is 0 Å². The second-order valence-corrected chi connectivity index (χ2v) is 7.39. The molecule has 116 valence electrons. The van der Waals surface area contributed by atoms with Gasteiger partial charge in [0, 0.05) is 11.1 Å². The second-order valence-electron chi connectivity index (χ2n) is 5.27. The fourth-order valence-corrected chi connectivity index (χ4v) is 4.51. The van der Waals surface area contributed by atoms with Crippen LogP contribution in [0.1, 0.15) is 5.56 Å². The highest BCUT2D eigenvalue weighted by molar-refractivity contribution is 7.89. The summed E-state index contributed by atoms with van der Waals surface area (Å²) < 4.78 is 65.8. The molecule has 1 unspecified atom stereocenters. The first-order valence-corrected chi connectivity index (χ1v) is 8.16. The molecule has 0 radical (unpaired) electrons. The van der Waals surface area contributed by atoms with E-state index in [9.17, 15) is 21.6 Å². The van der Waals surface area contributed by atoms with E-state index in [0.717, 1.165) is 12.1 Å². The Kier molecular flexibility index (Phi) is 3.47. The molecule has 3 atom stereocenters. The summed E-state index contributed by atoms with van der Waals surface area (Å²) in [5.74, 6) is 0.336. The number of halogens is 4. The summed E-state index contributed by atoms with van der Waals surface area (Å²) in [6.07, 6.45) is -4.78. The minimum atomic E-state index is -4.78. The van der Waals surface area contributed by atoms with Crippen LogP contribution in [0.2, 0.25) is 5.02 Å². The molecule has 1 aromatic rings. The zero-order chi connectivity index (χ0) is 15.4. The summed E-state index contributed by atoms with van der Waals surface area (Å²) in [5.41, 5.74) is -1.24. The van der Waals surface area contributed by atoms with Gasteiger partial charge in [0.1, 0.15) is 0 Å². The molecule has 0 aromatic heterocycles. The van der Waals surface area contributed by atoms with Crippen LogP contribution in [-0.4, -0.2) is 27.5 Å². The lowest BCUT2D eigenvalue weighted by atomic mass is 10.2. The number of hydrogen-bond acceptors (Lipinski definition) is 3. The lowest BCUT2D eigenvalue weighted by Crippen LogP contribution is -2.33. The molecule has 1 aliphatic carbocycles. The molecule has 0 spiro atoms. The van der Waals surface area contributed by atoms with Gasteiger partial charge in [0.25, 0.3) is 0 Å². The highest BCUT2D eigenvalue weighted by Crippen LogP contribution is 2.43. The molecule has 2 fully saturated rings. The number of benzene rings is 1. The van der Waals surface area contributed by atoms with Gasteiger partial charge in [-0.2, -0.15) is 13.2 Å². The smallest absolute Gasteiger partial charge is 0.316 e. The average Bonchev–Trinajstić information content (AvgIpc) is 2.82. The van der Waals surface area contributed by atoms with Gasteiger partial charge >= 0.3 is 6.18 Å². The van der Waals surface area contributed by atoms with Gasteiger partial charge in [-0.05, 0) is 43.1 Å². The van der Waals surface area contributed by atoms with E-state index in [1.54, 1.807) is 0 Å². The lowest BCUT2D eigenvalue weighted by Gasteiger charge is -2.15. The fourth-order valence-electron chi connectivity index (χ4n) is 2.79. The molecule has 0 amide bonds. The van der Waals surface area contributed by atoms with Crippen molar-refractivity contribution in [2.24, 2.45) is 11.8 Å². The molecular weight excluding hydrogens is 329 g/mol. The molecule has 1 saturated heterocycles. The first-order chi connectivity index (χ1) is 9.70. The van der Waals surface area contributed by atoms with Crippen LogP contribution in [-0.2, 0) is 16.2 Å². The summed E-state index contributed by atoms with van der Waals surface area (Å²) in [6, 6.07) is 2.38. The predicted molar refractivity (Wildman–Crippen MR) is 70.4 cm³/mol. The average molecular weight is 341 g/mol. The Hall–Kier alpha value is -0.830. The largest absolute Gasteiger partial charge is 0.417 e. The number of rotatable bonds is 3. The molecule has 1 heterocycles. The number of hydrogen-bond donors (Lipinski definition) is 2. The highest BCUT2D eigenvalue weighted by atomic mass is 35.5. The van der Waals surface area contributed by atoms with Crippen LogP contribution in [0.15, 0.2) is 23.1 Å². The van der Waals surface area contributed by atoms with Crippen LogP contribution in [0.25, 0.3) is 0 Å². The van der Waals surface area contributed by atoms with Gasteiger partial charge in [-0.1, -0.05) is 11.6 Å². The Morgan fingerprint density at radius 3 is 2.43 bits per heavy atom. The van der Waals surface area contributed by atoms with E-state index in [2.05, 4.69) is 10.0 Å². The Balaban J connectivity index is 1.92. The predicted octanol–water partition coefficient (Wildman–Crippen LogP) is 1.85. The van der Waals surface area contributed by atoms with Crippen LogP contribution >= 0.6 is 11.6 Å². The summed E-state index contributed by atoms with van der Waals surface area (Å²) >= 11 is 5.55. The SMILES string of the molecule is O=S(=O)(NC1[C@H]2CNC[C@@H]12)c1ccc(Cl)cc1C(F)(F)F. The molecule has 21 heavy (non-hydrogen) atoms. The van der Waals surface area contributed by atoms with E-state index >= 15 is 0 Å². The van der Waals surface area contributed by atoms with E-state index in [0.29, 0.717) is 19.2 Å². The van der Waals surface area contributed by atoms with Gasteiger partial charge in [0.2, 0.25) is 10.0 Å². The van der Waals surface area contributed by atoms with Crippen molar-refractivity contribution in [3.63, 3.8) is 0 Å². The number of nitrogens with one attached hydrogen (secondary N) is 2. The molecule has 0 bridgehead atoms. The first-order valence-electron chi connectivity index (χ1n) is 6.30. The first kappa shape index (κ1) is 15.1. The zero-order valence-corrected chi connectivity index (χ0v) is 12.2. The minimum Gasteiger partial charge on any atom is -0.316 e. The molecular formula is C12H12ClF3N2O2S. The molecule has 1 aromatic carbocycles. The van der Waals surface area contributed by atoms with Crippen LogP contribution in [0, 0.1) is 11.8 Å². The van der Waals surface area contributed by atoms with Crippen molar-refractivity contribution in [3.8, 4) is 0 Å². The molecule has 9 heteroatoms. The van der Waals surface area contributed by atoms with Crippen molar-refractivity contribution in [1.29, 1.82) is 0 Å². The van der Waals surface area contributed by atoms with Crippen molar-refractivity contribution in [3.05, 3.63) is 28.8 Å². The molecule has 3 rings (SSSR count). The van der Waals surface area contributed by atoms with Crippen molar-refractivity contribution in [2.75, 3.05) is 13.1 Å². The fraction of sp³-hybridized carbons (Fsp3) is 0.500. The monoisotopic (exact) mass is 340 g/mol. The Bertz CT molecular complexity index is 668. The summed E-state index contributed by atoms with van der Waals surface area (Å²) in [5, 5.41) is 2.93. The standard InChI is InChI=1S/C12H12ClF3N2O2S/c13-6-1-2-10(9(3-6)12(14,15)16)21(19,20)18-11-7-4-17-5-8(7)11/h1-3,7-8,11,17-18H,4-5H2/t7-,8+,11?. The maximum absolute atomic E-state index is 13.0. The molecule has 4 nitrogen and oxygen atoms in total. The molecule has 2 N–H and O–H groups in total. The molecule has 2 aliphatic rings. The zero-order valence-electron chi connectivity index (χ0n) is 10.6. The molecule has 1 aliphatic heterocycles. The van der Waals surface area contributed by atoms with Gasteiger partial charge < -0.3 is 5.32 Å². The Morgan fingerprint density at radius 2 is 1.86 bits per heavy atom. The number of alkyl halides is 3. The summed E-state index contributed by atoms with van der Waals surface area (Å²) in [6.45, 7) is 1.37. The van der Waals surface area contributed by atoms with Gasteiger partial charge in [-0.3, -0.25) is 0 Å². The van der Waals surface area contributed by atoms with Crippen molar-refractivity contribution >= 4 is 21.6 Å². The van der Waals surface area contributed by atoms with Crippen LogP contribution in [0.3, 0.4) is 0 Å². The Morgan fingerprint density at radius 1 is 1.24 bits per heavy atom. The van der Waals surface area contributed by atoms with Crippen molar-refractivity contribution < 1.29 is 21.6 Å². The van der Waals surface area contributed by atoms with E-state index < -0.39 is 26.7 Å². The topological polar surface area (TPSA) is 58.2 Å². The summed E-state index contributed by atoms with van der Waals surface area (Å²) in [4.78, 5) is -0.780. The molecule has 1 saturated carbocycles. The number of fused-ring (bicyclic) bond motifs is 1. The quantitative estimate of drug-likeness (QED) is 0.883. The normalized spacial score (nSPS) is 28.5. The lowest BCUT2D eigenvalue weighted by molar-refractivity contribution is -0.139. The highest BCUT2D eigenvalue weighted by Gasteiger charge is 2.54. The van der Waals surface area contributed by atoms with E-state index in [4.69, 9.17) is 11.6 Å². The van der Waals surface area contributed by atoms with Gasteiger partial charge in [0.05, 0.1) is 10.5 Å². The third-order valence-electron chi connectivity index (χ3n) is 3.92. The van der Waals surface area contributed by atoms with Gasteiger partial charge in [-0.15, -0.1) is 0 Å². The Labute approximate surface area is 124 Å². The van der Waals surface area contributed by atoms with E-state index in [1.165, 1.54) is 0 Å². The van der Waals surface area contributed by atoms with E-state index in [-0.39, 0.29) is 22.9 Å². The van der Waals surface area contributed by atoms with Crippen molar-refractivity contribution in [1.82, 2.24) is 10.0 Å². The maximum Gasteiger partial charge on any atom is 0.417 e. The van der Waals surface area contributed by atoms with Crippen LogP contribution in [0.4, 0.5) is 13.2 Å².